The summed E-state index contributed by atoms with van der Waals surface area (Å²) in [5, 5.41) is 2.70. The molecule has 4 amide bonds. The van der Waals surface area contributed by atoms with E-state index in [1.807, 2.05) is 0 Å². The van der Waals surface area contributed by atoms with Gasteiger partial charge in [0.2, 0.25) is 0 Å². The van der Waals surface area contributed by atoms with Gasteiger partial charge in [0.1, 0.15) is 28.2 Å². The Balaban J connectivity index is 5.34. The SMILES string of the molecule is CC(=O)CN(CCCN(CCCCN(CCCNC(=O)OC(C)(C)C)C(=O)OC(C)(C)C)C(=O)OC(C)(C)C)C(=O)OC(C)(C)C. The number of alkyl carbamates (subject to hydrolysis) is 1. The van der Waals surface area contributed by atoms with Crippen LogP contribution >= 0.6 is 0 Å². The Morgan fingerprint density at radius 1 is 0.478 bits per heavy atom. The zero-order chi connectivity index (χ0) is 35.9. The van der Waals surface area contributed by atoms with E-state index in [0.29, 0.717) is 51.9 Å². The lowest BCUT2D eigenvalue weighted by atomic mass is 10.2. The van der Waals surface area contributed by atoms with Crippen LogP contribution < -0.4 is 5.32 Å². The van der Waals surface area contributed by atoms with Gasteiger partial charge >= 0.3 is 24.4 Å². The Kier molecular flexibility index (Phi) is 17.5. The molecule has 0 fully saturated rings. The molecule has 0 rings (SSSR count). The van der Waals surface area contributed by atoms with Gasteiger partial charge in [0.15, 0.2) is 0 Å². The van der Waals surface area contributed by atoms with Gasteiger partial charge in [-0.1, -0.05) is 0 Å². The Hall–Kier alpha value is -3.25. The minimum atomic E-state index is -0.712. The molecule has 268 valence electrons. The smallest absolute Gasteiger partial charge is 0.410 e. The molecule has 0 aromatic carbocycles. The predicted octanol–water partition coefficient (Wildman–Crippen LogP) is 6.37. The molecule has 0 aliphatic carbocycles. The third-order valence-corrected chi connectivity index (χ3v) is 5.60. The summed E-state index contributed by atoms with van der Waals surface area (Å²) in [6.07, 6.45) is -0.00693. The van der Waals surface area contributed by atoms with Crippen LogP contribution in [0.3, 0.4) is 0 Å². The fraction of sp³-hybridized carbons (Fsp3) is 0.848. The summed E-state index contributed by atoms with van der Waals surface area (Å²) in [4.78, 5) is 67.0. The van der Waals surface area contributed by atoms with E-state index in [1.165, 1.54) is 11.8 Å². The largest absolute Gasteiger partial charge is 0.444 e. The first-order valence-electron chi connectivity index (χ1n) is 16.2. The zero-order valence-electron chi connectivity index (χ0n) is 30.8. The number of carbonyl (C=O) groups is 5. The molecular weight excluding hydrogens is 596 g/mol. The first-order valence-corrected chi connectivity index (χ1v) is 16.2. The highest BCUT2D eigenvalue weighted by molar-refractivity contribution is 5.82. The lowest BCUT2D eigenvalue weighted by Crippen LogP contribution is -2.42. The first-order chi connectivity index (χ1) is 20.8. The van der Waals surface area contributed by atoms with Crippen LogP contribution in [0.5, 0.6) is 0 Å². The van der Waals surface area contributed by atoms with Crippen molar-refractivity contribution >= 4 is 30.2 Å². The highest BCUT2D eigenvalue weighted by Gasteiger charge is 2.26. The number of nitrogens with zero attached hydrogens (tertiary/aromatic N) is 3. The van der Waals surface area contributed by atoms with Crippen molar-refractivity contribution in [1.29, 1.82) is 0 Å². The molecule has 0 unspecified atom stereocenters. The lowest BCUT2D eigenvalue weighted by molar-refractivity contribution is -0.118. The number of ketones is 1. The Bertz CT molecular complexity index is 989. The Morgan fingerprint density at radius 2 is 0.804 bits per heavy atom. The molecule has 0 spiro atoms. The van der Waals surface area contributed by atoms with E-state index >= 15 is 0 Å². The lowest BCUT2D eigenvalue weighted by Gasteiger charge is -2.30. The van der Waals surface area contributed by atoms with Crippen molar-refractivity contribution in [2.24, 2.45) is 0 Å². The van der Waals surface area contributed by atoms with Crippen LogP contribution in [0.15, 0.2) is 0 Å². The summed E-state index contributed by atoms with van der Waals surface area (Å²) in [6.45, 7) is 24.6. The molecule has 0 atom stereocenters. The summed E-state index contributed by atoms with van der Waals surface area (Å²) in [5.74, 6) is -0.176. The molecule has 0 saturated carbocycles. The summed E-state index contributed by atoms with van der Waals surface area (Å²) < 4.78 is 21.9. The molecule has 0 radical (unpaired) electrons. The average molecular weight is 659 g/mol. The molecule has 1 N–H and O–H groups in total. The number of hydrogen-bond donors (Lipinski definition) is 1. The van der Waals surface area contributed by atoms with Crippen LogP contribution in [0, 0.1) is 0 Å². The highest BCUT2D eigenvalue weighted by Crippen LogP contribution is 2.15. The minimum Gasteiger partial charge on any atom is -0.444 e. The van der Waals surface area contributed by atoms with Gasteiger partial charge in [0, 0.05) is 39.3 Å². The van der Waals surface area contributed by atoms with Crippen molar-refractivity contribution in [3.05, 3.63) is 0 Å². The fourth-order valence-corrected chi connectivity index (χ4v) is 3.90. The van der Waals surface area contributed by atoms with Gasteiger partial charge in [-0.25, -0.2) is 19.2 Å². The highest BCUT2D eigenvalue weighted by atomic mass is 16.6. The number of hydrogen-bond acceptors (Lipinski definition) is 9. The molecule has 0 aromatic heterocycles. The van der Waals surface area contributed by atoms with Crippen LogP contribution in [-0.2, 0) is 23.7 Å². The Morgan fingerprint density at radius 3 is 1.17 bits per heavy atom. The number of carbonyl (C=O) groups excluding carboxylic acids is 5. The van der Waals surface area contributed by atoms with Gasteiger partial charge in [-0.2, -0.15) is 0 Å². The van der Waals surface area contributed by atoms with Gasteiger partial charge in [-0.3, -0.25) is 4.79 Å². The van der Waals surface area contributed by atoms with E-state index in [2.05, 4.69) is 5.32 Å². The minimum absolute atomic E-state index is 0.0881. The molecule has 46 heavy (non-hydrogen) atoms. The molecule has 0 heterocycles. The van der Waals surface area contributed by atoms with Crippen molar-refractivity contribution in [3.63, 3.8) is 0 Å². The summed E-state index contributed by atoms with van der Waals surface area (Å²) >= 11 is 0. The first kappa shape index (κ1) is 42.8. The molecule has 0 bridgehead atoms. The van der Waals surface area contributed by atoms with Crippen LogP contribution in [0.1, 0.15) is 116 Å². The zero-order valence-corrected chi connectivity index (χ0v) is 30.8. The van der Waals surface area contributed by atoms with Crippen molar-refractivity contribution in [1.82, 2.24) is 20.0 Å². The summed E-state index contributed by atoms with van der Waals surface area (Å²) in [5.41, 5.74) is -2.69. The van der Waals surface area contributed by atoms with Crippen LogP contribution in [0.2, 0.25) is 0 Å². The second-order valence-corrected chi connectivity index (χ2v) is 15.4. The number of unbranched alkanes of at least 4 members (excludes halogenated alkanes) is 1. The second kappa shape index (κ2) is 18.8. The van der Waals surface area contributed by atoms with Crippen LogP contribution in [-0.4, -0.2) is 113 Å². The van der Waals surface area contributed by atoms with Crippen molar-refractivity contribution in [2.45, 2.75) is 138 Å². The Labute approximate surface area is 277 Å². The van der Waals surface area contributed by atoms with Crippen molar-refractivity contribution in [2.75, 3.05) is 45.8 Å². The molecule has 13 nitrogen and oxygen atoms in total. The number of amides is 4. The van der Waals surface area contributed by atoms with Crippen molar-refractivity contribution < 1.29 is 42.9 Å². The second-order valence-electron chi connectivity index (χ2n) is 15.4. The maximum absolute atomic E-state index is 13.1. The van der Waals surface area contributed by atoms with Crippen LogP contribution in [0.4, 0.5) is 19.2 Å². The van der Waals surface area contributed by atoms with Gasteiger partial charge in [0.25, 0.3) is 0 Å². The number of ether oxygens (including phenoxy) is 4. The van der Waals surface area contributed by atoms with E-state index in [0.717, 1.165) is 0 Å². The van der Waals surface area contributed by atoms with Crippen molar-refractivity contribution in [3.8, 4) is 0 Å². The van der Waals surface area contributed by atoms with Gasteiger partial charge in [0.05, 0.1) is 6.54 Å². The van der Waals surface area contributed by atoms with Gasteiger partial charge < -0.3 is 39.0 Å². The number of rotatable bonds is 15. The summed E-state index contributed by atoms with van der Waals surface area (Å²) in [6, 6.07) is 0. The monoisotopic (exact) mass is 658 g/mol. The summed E-state index contributed by atoms with van der Waals surface area (Å²) in [7, 11) is 0. The average Bonchev–Trinajstić information content (AvgIpc) is 2.81. The standard InChI is InChI=1S/C33H62N4O9/c1-25(38)24-37(29(42)46-33(11,12)13)23-17-22-36(28(41)45-32(8,9)10)20-15-14-19-35(27(40)44-31(5,6)7)21-16-18-34-26(39)43-30(2,3)4/h14-24H2,1-13H3,(H,34,39). The molecule has 0 aromatic rings. The third-order valence-electron chi connectivity index (χ3n) is 5.60. The van der Waals surface area contributed by atoms with E-state index < -0.39 is 46.8 Å². The maximum Gasteiger partial charge on any atom is 0.410 e. The van der Waals surface area contributed by atoms with E-state index in [1.54, 1.807) is 92.9 Å². The fourth-order valence-electron chi connectivity index (χ4n) is 3.90. The molecule has 0 saturated heterocycles. The third kappa shape index (κ3) is 23.1. The molecule has 0 aliphatic rings. The van der Waals surface area contributed by atoms with Crippen LogP contribution in [0.25, 0.3) is 0 Å². The van der Waals surface area contributed by atoms with Gasteiger partial charge in [-0.05, 0) is 116 Å². The van der Waals surface area contributed by atoms with E-state index in [-0.39, 0.29) is 25.4 Å². The molecule has 13 heteroatoms. The normalized spacial score (nSPS) is 12.1. The predicted molar refractivity (Wildman–Crippen MR) is 177 cm³/mol. The quantitative estimate of drug-likeness (QED) is 0.157. The number of Topliss-reactive ketones (excluding diaryl/α,β-unsaturated/α-hetero) is 1. The van der Waals surface area contributed by atoms with Gasteiger partial charge in [-0.15, -0.1) is 0 Å². The van der Waals surface area contributed by atoms with E-state index in [9.17, 15) is 24.0 Å². The topological polar surface area (TPSA) is 144 Å². The van der Waals surface area contributed by atoms with E-state index in [4.69, 9.17) is 18.9 Å². The molecular formula is C33H62N4O9. The number of nitrogens with one attached hydrogen (secondary N) is 1. The molecule has 0 aliphatic heterocycles. The maximum atomic E-state index is 13.1.